The molecule has 0 N–H and O–H groups in total. The maximum atomic E-state index is 6.21. The van der Waals surface area contributed by atoms with Crippen LogP contribution in [-0.4, -0.2) is 24.3 Å². The molecule has 0 fully saturated rings. The molecule has 0 aliphatic carbocycles. The van der Waals surface area contributed by atoms with Gasteiger partial charge in [0.25, 0.3) is 0 Å². The van der Waals surface area contributed by atoms with Crippen molar-refractivity contribution in [3.63, 3.8) is 0 Å². The first kappa shape index (κ1) is 28.8. The molecule has 0 saturated carbocycles. The summed E-state index contributed by atoms with van der Waals surface area (Å²) in [4.78, 5) is 14.5. The summed E-state index contributed by atoms with van der Waals surface area (Å²) < 4.78 is 1.00. The van der Waals surface area contributed by atoms with Crippen LogP contribution in [0.5, 0.6) is 0 Å². The van der Waals surface area contributed by atoms with E-state index in [9.17, 15) is 0 Å². The fraction of sp³-hybridized carbons (Fsp3) is 0.269. The van der Waals surface area contributed by atoms with Crippen molar-refractivity contribution in [2.75, 3.05) is 0 Å². The number of aryl methyl sites for hydroxylation is 4. The number of pyridine rings is 1. The molecule has 1 aromatic heterocycles. The molecule has 0 amide bonds. The van der Waals surface area contributed by atoms with Crippen LogP contribution in [0.25, 0.3) is 0 Å². The molecule has 2 aromatic carbocycles. The number of hydrogen-bond acceptors (Lipinski definition) is 3. The Labute approximate surface area is 227 Å². The summed E-state index contributed by atoms with van der Waals surface area (Å²) in [7, 11) is 15.7. The summed E-state index contributed by atoms with van der Waals surface area (Å²) in [6.07, 6.45) is 0.996. The van der Waals surface area contributed by atoms with E-state index in [4.69, 9.17) is 43.0 Å². The van der Waals surface area contributed by atoms with Gasteiger partial charge in [0.1, 0.15) is 7.85 Å². The molecular weight excluding hydrogens is 572 g/mol. The van der Waals surface area contributed by atoms with E-state index in [0.29, 0.717) is 5.46 Å². The molecule has 0 aliphatic heterocycles. The van der Waals surface area contributed by atoms with E-state index in [1.807, 2.05) is 52.0 Å². The van der Waals surface area contributed by atoms with Gasteiger partial charge in [-0.15, -0.1) is 0 Å². The van der Waals surface area contributed by atoms with Gasteiger partial charge in [0, 0.05) is 4.47 Å². The zero-order valence-corrected chi connectivity index (χ0v) is 24.4. The SMILES string of the molecule is [B]c1cc(C)cc(C)c1N=C(C)c1cccc(C(C)=Nc2c(C)cc(CC)cc2Br)n1.[Cl][Fe][Cl]. The Kier molecular flexibility index (Phi) is 11.5. The third-order valence-electron chi connectivity index (χ3n) is 5.25. The number of nitrogens with zero attached hydrogens (tertiary/aromatic N) is 3. The van der Waals surface area contributed by atoms with E-state index >= 15 is 0 Å². The molecular formula is C26H27BBrCl2FeN3. The fourth-order valence-electron chi connectivity index (χ4n) is 3.59. The predicted octanol–water partition coefficient (Wildman–Crippen LogP) is 7.78. The van der Waals surface area contributed by atoms with Crippen molar-refractivity contribution in [3.8, 4) is 0 Å². The van der Waals surface area contributed by atoms with Gasteiger partial charge in [0.2, 0.25) is 0 Å². The molecule has 178 valence electrons. The molecule has 0 spiro atoms. The van der Waals surface area contributed by atoms with E-state index in [1.54, 1.807) is 0 Å². The van der Waals surface area contributed by atoms with Crippen molar-refractivity contribution >= 4 is 72.2 Å². The van der Waals surface area contributed by atoms with E-state index < -0.39 is 0 Å². The van der Waals surface area contributed by atoms with E-state index in [-0.39, 0.29) is 13.1 Å². The Balaban J connectivity index is 0.00000129. The first-order valence-corrected chi connectivity index (χ1v) is 14.5. The Morgan fingerprint density at radius 1 is 0.941 bits per heavy atom. The topological polar surface area (TPSA) is 37.6 Å². The van der Waals surface area contributed by atoms with Crippen LogP contribution in [0.15, 0.2) is 56.9 Å². The average molecular weight is 599 g/mol. The fourth-order valence-corrected chi connectivity index (χ4v) is 4.28. The Morgan fingerprint density at radius 2 is 1.47 bits per heavy atom. The molecule has 2 radical (unpaired) electrons. The van der Waals surface area contributed by atoms with Crippen LogP contribution in [0, 0.1) is 20.8 Å². The molecule has 0 atom stereocenters. The Morgan fingerprint density at radius 3 is 1.97 bits per heavy atom. The molecule has 3 rings (SSSR count). The molecule has 1 heterocycles. The van der Waals surface area contributed by atoms with Gasteiger partial charge in [-0.1, -0.05) is 42.2 Å². The Bertz CT molecular complexity index is 1180. The van der Waals surface area contributed by atoms with Crippen LogP contribution in [0.4, 0.5) is 11.4 Å². The van der Waals surface area contributed by atoms with Crippen molar-refractivity contribution in [3.05, 3.63) is 80.6 Å². The summed E-state index contributed by atoms with van der Waals surface area (Å²) in [6.45, 7) is 12.3. The summed E-state index contributed by atoms with van der Waals surface area (Å²) in [5.74, 6) is 0. The number of aliphatic imine (C=N–C) groups is 2. The van der Waals surface area contributed by atoms with Crippen LogP contribution in [0.3, 0.4) is 0 Å². The van der Waals surface area contributed by atoms with Gasteiger partial charge >= 0.3 is 33.3 Å². The first-order valence-electron chi connectivity index (χ1n) is 10.7. The maximum absolute atomic E-state index is 6.21. The third kappa shape index (κ3) is 7.79. The molecule has 8 heteroatoms. The van der Waals surface area contributed by atoms with E-state index in [0.717, 1.165) is 61.8 Å². The van der Waals surface area contributed by atoms with Gasteiger partial charge in [-0.05, 0) is 91.9 Å². The molecule has 3 aromatic rings. The van der Waals surface area contributed by atoms with E-state index in [1.165, 1.54) is 5.56 Å². The van der Waals surface area contributed by atoms with Gasteiger partial charge in [-0.25, -0.2) is 4.98 Å². The van der Waals surface area contributed by atoms with Crippen LogP contribution in [0.2, 0.25) is 0 Å². The minimum absolute atomic E-state index is 0.194. The van der Waals surface area contributed by atoms with Gasteiger partial charge in [-0.3, -0.25) is 9.98 Å². The van der Waals surface area contributed by atoms with Crippen molar-refractivity contribution in [2.45, 2.75) is 48.0 Å². The summed E-state index contributed by atoms with van der Waals surface area (Å²) in [5.41, 5.74) is 10.4. The van der Waals surface area contributed by atoms with Gasteiger partial charge in [-0.2, -0.15) is 0 Å². The van der Waals surface area contributed by atoms with Crippen LogP contribution in [0.1, 0.15) is 54.4 Å². The van der Waals surface area contributed by atoms with Crippen molar-refractivity contribution in [1.29, 1.82) is 0 Å². The second-order valence-electron chi connectivity index (χ2n) is 7.97. The van der Waals surface area contributed by atoms with Crippen LogP contribution >= 0.6 is 36.1 Å². The molecule has 0 unspecified atom stereocenters. The van der Waals surface area contributed by atoms with E-state index in [2.05, 4.69) is 48.0 Å². The first-order chi connectivity index (χ1) is 16.1. The van der Waals surface area contributed by atoms with Crippen LogP contribution in [-0.2, 0) is 19.6 Å². The predicted molar refractivity (Wildman–Crippen MR) is 149 cm³/mol. The summed E-state index contributed by atoms with van der Waals surface area (Å²) >= 11 is 3.87. The molecule has 0 bridgehead atoms. The van der Waals surface area contributed by atoms with Gasteiger partial charge in [0.15, 0.2) is 0 Å². The molecule has 0 aliphatic rings. The molecule has 0 saturated heterocycles. The average Bonchev–Trinajstić information content (AvgIpc) is 2.78. The quantitative estimate of drug-likeness (QED) is 0.218. The van der Waals surface area contributed by atoms with Gasteiger partial charge in [0.05, 0.1) is 34.2 Å². The summed E-state index contributed by atoms with van der Waals surface area (Å²) in [5, 5.41) is 0. The molecule has 3 nitrogen and oxygen atoms in total. The Hall–Kier alpha value is -1.43. The minimum atomic E-state index is 0.194. The van der Waals surface area contributed by atoms with Crippen molar-refractivity contribution in [1.82, 2.24) is 4.98 Å². The second kappa shape index (κ2) is 13.6. The zero-order chi connectivity index (χ0) is 25.4. The number of rotatable bonds is 5. The van der Waals surface area contributed by atoms with Crippen molar-refractivity contribution in [2.24, 2.45) is 9.98 Å². The second-order valence-corrected chi connectivity index (χ2v) is 10.6. The normalized spacial score (nSPS) is 11.9. The number of aromatic nitrogens is 1. The standard InChI is InChI=1S/C26H27BBrN3.2ClH.Fe/c1-7-20-13-17(4)26(22(28)14-20)30-19(6)24-10-8-9-23(31-24)18(5)29-25-16(3)11-15(2)12-21(25)27;;;/h8-14H,7H2,1-6H3;2*1H;/q;;;+2/p-2. The van der Waals surface area contributed by atoms with Crippen LogP contribution < -0.4 is 5.46 Å². The summed E-state index contributed by atoms with van der Waals surface area (Å²) in [6, 6.07) is 14.3. The zero-order valence-electron chi connectivity index (χ0n) is 20.2. The molecule has 34 heavy (non-hydrogen) atoms. The van der Waals surface area contributed by atoms with Gasteiger partial charge < -0.3 is 0 Å². The van der Waals surface area contributed by atoms with Crippen molar-refractivity contribution < 1.29 is 13.1 Å². The number of halogens is 3. The third-order valence-corrected chi connectivity index (χ3v) is 5.85. The number of hydrogen-bond donors (Lipinski definition) is 0. The monoisotopic (exact) mass is 597 g/mol. The number of benzene rings is 2.